The lowest BCUT2D eigenvalue weighted by molar-refractivity contribution is 0.0922. The molecule has 0 radical (unpaired) electrons. The molecule has 5 nitrogen and oxygen atoms in total. The van der Waals surface area contributed by atoms with E-state index in [-0.39, 0.29) is 5.91 Å². The summed E-state index contributed by atoms with van der Waals surface area (Å²) in [6.07, 6.45) is 6.48. The molecule has 1 fully saturated rings. The third-order valence-electron chi connectivity index (χ3n) is 4.94. The molecule has 0 spiro atoms. The average Bonchev–Trinajstić information content (AvgIpc) is 3.03. The lowest BCUT2D eigenvalue weighted by atomic mass is 9.93. The summed E-state index contributed by atoms with van der Waals surface area (Å²) >= 11 is 0. The van der Waals surface area contributed by atoms with Crippen molar-refractivity contribution in [3.8, 4) is 0 Å². The summed E-state index contributed by atoms with van der Waals surface area (Å²) in [4.78, 5) is 16.7. The van der Waals surface area contributed by atoms with Crippen LogP contribution in [0, 0.1) is 11.8 Å². The van der Waals surface area contributed by atoms with E-state index in [1.54, 1.807) is 0 Å². The van der Waals surface area contributed by atoms with Crippen LogP contribution < -0.4 is 10.6 Å². The molecule has 1 aliphatic heterocycles. The quantitative estimate of drug-likeness (QED) is 0.890. The second-order valence-corrected chi connectivity index (χ2v) is 6.11. The fourth-order valence-corrected chi connectivity index (χ4v) is 3.56. The van der Waals surface area contributed by atoms with Crippen LogP contribution in [-0.4, -0.2) is 28.0 Å². The van der Waals surface area contributed by atoms with Crippen molar-refractivity contribution in [3.63, 3.8) is 0 Å². The molecule has 1 amide bonds. The highest BCUT2D eigenvalue weighted by Crippen LogP contribution is 2.34. The summed E-state index contributed by atoms with van der Waals surface area (Å²) in [5, 5.41) is 6.40. The highest BCUT2D eigenvalue weighted by atomic mass is 16.2. The van der Waals surface area contributed by atoms with Gasteiger partial charge in [-0.15, -0.1) is 0 Å². The van der Waals surface area contributed by atoms with Crippen LogP contribution in [0.2, 0.25) is 0 Å². The Balaban J connectivity index is 1.66. The number of amides is 1. The van der Waals surface area contributed by atoms with Crippen molar-refractivity contribution >= 4 is 11.9 Å². The standard InChI is InChI=1S/C15H24N4O/c1-3-11-5-6-12(10(11)2)17-14(20)13-9-19-8-4-7-16-15(19)18-13/h9-12H,3-8H2,1-2H3,(H,16,18)(H,17,20). The van der Waals surface area contributed by atoms with Crippen molar-refractivity contribution in [3.05, 3.63) is 11.9 Å². The Morgan fingerprint density at radius 1 is 1.55 bits per heavy atom. The number of carbonyl (C=O) groups is 1. The van der Waals surface area contributed by atoms with Crippen molar-refractivity contribution in [2.75, 3.05) is 11.9 Å². The van der Waals surface area contributed by atoms with Crippen LogP contribution in [0.1, 0.15) is 50.0 Å². The summed E-state index contributed by atoms with van der Waals surface area (Å²) in [5.41, 5.74) is 0.543. The number of nitrogens with zero attached hydrogens (tertiary/aromatic N) is 2. The minimum atomic E-state index is -0.0256. The van der Waals surface area contributed by atoms with Gasteiger partial charge in [-0.05, 0) is 31.1 Å². The number of hydrogen-bond acceptors (Lipinski definition) is 3. The summed E-state index contributed by atoms with van der Waals surface area (Å²) in [5.74, 6) is 2.12. The van der Waals surface area contributed by atoms with Crippen LogP contribution in [0.25, 0.3) is 0 Å². The van der Waals surface area contributed by atoms with Gasteiger partial charge in [0.05, 0.1) is 0 Å². The first-order valence-corrected chi connectivity index (χ1v) is 7.81. The Kier molecular flexibility index (Phi) is 3.68. The Labute approximate surface area is 120 Å². The molecule has 1 aromatic rings. The predicted octanol–water partition coefficient (Wildman–Crippen LogP) is 2.25. The highest BCUT2D eigenvalue weighted by molar-refractivity contribution is 5.92. The van der Waals surface area contributed by atoms with Gasteiger partial charge in [0.1, 0.15) is 5.69 Å². The number of aromatic nitrogens is 2. The van der Waals surface area contributed by atoms with Gasteiger partial charge in [0.25, 0.3) is 5.91 Å². The first-order valence-electron chi connectivity index (χ1n) is 7.81. The van der Waals surface area contributed by atoms with Gasteiger partial charge in [-0.3, -0.25) is 4.79 Å². The van der Waals surface area contributed by atoms with Gasteiger partial charge in [-0.1, -0.05) is 20.3 Å². The molecule has 0 aromatic carbocycles. The molecule has 5 heteroatoms. The molecule has 3 unspecified atom stereocenters. The minimum absolute atomic E-state index is 0.0256. The van der Waals surface area contributed by atoms with E-state index in [9.17, 15) is 4.79 Å². The minimum Gasteiger partial charge on any atom is -0.356 e. The molecule has 3 rings (SSSR count). The molecule has 2 aliphatic rings. The maximum atomic E-state index is 12.3. The molecule has 3 atom stereocenters. The summed E-state index contributed by atoms with van der Waals surface area (Å²) in [6.45, 7) is 6.38. The number of anilines is 1. The van der Waals surface area contributed by atoms with E-state index in [1.165, 1.54) is 12.8 Å². The molecule has 1 aromatic heterocycles. The smallest absolute Gasteiger partial charge is 0.271 e. The van der Waals surface area contributed by atoms with Crippen molar-refractivity contribution in [2.45, 2.75) is 52.1 Å². The Morgan fingerprint density at radius 2 is 2.40 bits per heavy atom. The number of hydrogen-bond donors (Lipinski definition) is 2. The molecular weight excluding hydrogens is 252 g/mol. The van der Waals surface area contributed by atoms with Crippen molar-refractivity contribution in [1.29, 1.82) is 0 Å². The molecule has 1 aliphatic carbocycles. The van der Waals surface area contributed by atoms with E-state index in [2.05, 4.69) is 29.5 Å². The number of aryl methyl sites for hydroxylation is 1. The molecule has 1 saturated carbocycles. The fourth-order valence-electron chi connectivity index (χ4n) is 3.56. The zero-order chi connectivity index (χ0) is 14.1. The maximum absolute atomic E-state index is 12.3. The van der Waals surface area contributed by atoms with Gasteiger partial charge in [0.2, 0.25) is 5.95 Å². The molecule has 2 N–H and O–H groups in total. The van der Waals surface area contributed by atoms with Crippen LogP contribution in [-0.2, 0) is 6.54 Å². The lowest BCUT2D eigenvalue weighted by Gasteiger charge is -2.20. The van der Waals surface area contributed by atoms with Gasteiger partial charge >= 0.3 is 0 Å². The van der Waals surface area contributed by atoms with E-state index in [4.69, 9.17) is 0 Å². The zero-order valence-electron chi connectivity index (χ0n) is 12.4. The Bertz CT molecular complexity index is 473. The van der Waals surface area contributed by atoms with Crippen molar-refractivity contribution in [1.82, 2.24) is 14.9 Å². The number of rotatable bonds is 3. The number of nitrogens with one attached hydrogen (secondary N) is 2. The lowest BCUT2D eigenvalue weighted by Crippen LogP contribution is -2.37. The summed E-state index contributed by atoms with van der Waals surface area (Å²) in [7, 11) is 0. The number of carbonyl (C=O) groups excluding carboxylic acids is 1. The topological polar surface area (TPSA) is 59.0 Å². The number of imidazole rings is 1. The van der Waals surface area contributed by atoms with Crippen molar-refractivity contribution in [2.24, 2.45) is 11.8 Å². The average molecular weight is 276 g/mol. The van der Waals surface area contributed by atoms with Crippen LogP contribution in [0.15, 0.2) is 6.20 Å². The Hall–Kier alpha value is -1.52. The van der Waals surface area contributed by atoms with Crippen LogP contribution >= 0.6 is 0 Å². The molecule has 2 heterocycles. The van der Waals surface area contributed by atoms with Crippen LogP contribution in [0.5, 0.6) is 0 Å². The third kappa shape index (κ3) is 2.41. The number of fused-ring (bicyclic) bond motifs is 1. The molecular formula is C15H24N4O. The van der Waals surface area contributed by atoms with Gasteiger partial charge in [0.15, 0.2) is 0 Å². The molecule has 20 heavy (non-hydrogen) atoms. The normalized spacial score (nSPS) is 28.8. The second kappa shape index (κ2) is 5.46. The van der Waals surface area contributed by atoms with E-state index in [0.29, 0.717) is 17.7 Å². The van der Waals surface area contributed by atoms with E-state index < -0.39 is 0 Å². The Morgan fingerprint density at radius 3 is 3.10 bits per heavy atom. The zero-order valence-corrected chi connectivity index (χ0v) is 12.4. The largest absolute Gasteiger partial charge is 0.356 e. The summed E-state index contributed by atoms with van der Waals surface area (Å²) < 4.78 is 2.03. The first-order chi connectivity index (χ1) is 9.69. The van der Waals surface area contributed by atoms with E-state index in [0.717, 1.165) is 37.8 Å². The van der Waals surface area contributed by atoms with Gasteiger partial charge in [-0.2, -0.15) is 0 Å². The predicted molar refractivity (Wildman–Crippen MR) is 78.8 cm³/mol. The van der Waals surface area contributed by atoms with Gasteiger partial charge in [0, 0.05) is 25.3 Å². The van der Waals surface area contributed by atoms with Crippen molar-refractivity contribution < 1.29 is 4.79 Å². The van der Waals surface area contributed by atoms with E-state index >= 15 is 0 Å². The molecule has 110 valence electrons. The fraction of sp³-hybridized carbons (Fsp3) is 0.733. The van der Waals surface area contributed by atoms with Gasteiger partial charge in [-0.25, -0.2) is 4.98 Å². The van der Waals surface area contributed by atoms with Gasteiger partial charge < -0.3 is 15.2 Å². The third-order valence-corrected chi connectivity index (χ3v) is 4.94. The van der Waals surface area contributed by atoms with Crippen LogP contribution in [0.4, 0.5) is 5.95 Å². The van der Waals surface area contributed by atoms with E-state index in [1.807, 2.05) is 10.8 Å². The second-order valence-electron chi connectivity index (χ2n) is 6.11. The SMILES string of the molecule is CCC1CCC(NC(=O)c2cn3c(n2)NCCC3)C1C. The monoisotopic (exact) mass is 276 g/mol. The maximum Gasteiger partial charge on any atom is 0.271 e. The summed E-state index contributed by atoms with van der Waals surface area (Å²) in [6, 6.07) is 0.305. The molecule has 0 bridgehead atoms. The van der Waals surface area contributed by atoms with Crippen LogP contribution in [0.3, 0.4) is 0 Å². The molecule has 0 saturated heterocycles. The first kappa shape index (κ1) is 13.5. The highest BCUT2D eigenvalue weighted by Gasteiger charge is 2.33.